The van der Waals surface area contributed by atoms with Gasteiger partial charge in [0.25, 0.3) is 0 Å². The average Bonchev–Trinajstić information content (AvgIpc) is 2.51. The van der Waals surface area contributed by atoms with Gasteiger partial charge in [0.05, 0.1) is 10.9 Å². The summed E-state index contributed by atoms with van der Waals surface area (Å²) in [6.07, 6.45) is 5.29. The van der Waals surface area contributed by atoms with E-state index >= 15 is 0 Å². The van der Waals surface area contributed by atoms with Crippen molar-refractivity contribution in [3.63, 3.8) is 0 Å². The Kier molecular flexibility index (Phi) is 2.12. The number of fused-ring (bicyclic) bond motifs is 2. The van der Waals surface area contributed by atoms with Gasteiger partial charge < -0.3 is 9.82 Å². The molecule has 0 saturated carbocycles. The lowest BCUT2D eigenvalue weighted by molar-refractivity contribution is 0.178. The number of hydrogen-bond donors (Lipinski definition) is 1. The average molecular weight is 265 g/mol. The highest BCUT2D eigenvalue weighted by Gasteiger charge is 2.14. The number of pyridine rings is 3. The van der Waals surface area contributed by atoms with E-state index in [2.05, 4.69) is 9.97 Å². The minimum atomic E-state index is -0.0440. The molecule has 0 aliphatic carbocycles. The normalized spacial score (nSPS) is 11.4. The maximum absolute atomic E-state index is 12.6. The first-order chi connectivity index (χ1) is 9.81. The Bertz CT molecular complexity index is 1010. The molecule has 0 fully saturated rings. The van der Waals surface area contributed by atoms with Crippen LogP contribution in [0.1, 0.15) is 0 Å². The highest BCUT2D eigenvalue weighted by molar-refractivity contribution is 6.17. The van der Waals surface area contributed by atoms with E-state index in [0.717, 1.165) is 16.3 Å². The summed E-state index contributed by atoms with van der Waals surface area (Å²) in [6, 6.07) is 7.41. The zero-order valence-corrected chi connectivity index (χ0v) is 10.8. The summed E-state index contributed by atoms with van der Waals surface area (Å²) in [7, 11) is 1.57. The Labute approximate surface area is 113 Å². The topological polar surface area (TPSA) is 59.9 Å². The SMILES string of the molecule is COn1cccc2c(=O)c3[nH]ccc4ccnc(c43)c21. The van der Waals surface area contributed by atoms with Crippen LogP contribution in [-0.4, -0.2) is 21.8 Å². The molecule has 0 radical (unpaired) electrons. The van der Waals surface area contributed by atoms with Crippen LogP contribution in [0.4, 0.5) is 0 Å². The molecule has 0 spiro atoms. The second-order valence-electron chi connectivity index (χ2n) is 4.58. The number of aromatic amines is 1. The van der Waals surface area contributed by atoms with Crippen LogP contribution < -0.4 is 10.3 Å². The van der Waals surface area contributed by atoms with E-state index in [1.807, 2.05) is 12.1 Å². The summed E-state index contributed by atoms with van der Waals surface area (Å²) in [5.41, 5.74) is 1.98. The number of H-pyrrole nitrogens is 1. The van der Waals surface area contributed by atoms with Crippen LogP contribution in [0.25, 0.3) is 32.7 Å². The van der Waals surface area contributed by atoms with Gasteiger partial charge in [-0.05, 0) is 29.7 Å². The Morgan fingerprint density at radius 1 is 1.30 bits per heavy atom. The molecule has 3 aromatic heterocycles. The van der Waals surface area contributed by atoms with Gasteiger partial charge in [-0.15, -0.1) is 0 Å². The lowest BCUT2D eigenvalue weighted by Gasteiger charge is -2.12. The Morgan fingerprint density at radius 3 is 3.05 bits per heavy atom. The fourth-order valence-electron chi connectivity index (χ4n) is 2.72. The number of hydrogen-bond acceptors (Lipinski definition) is 3. The first-order valence-electron chi connectivity index (χ1n) is 6.25. The molecule has 1 aromatic carbocycles. The van der Waals surface area contributed by atoms with Crippen LogP contribution in [0.15, 0.2) is 47.7 Å². The molecule has 0 aliphatic heterocycles. The number of benzene rings is 1. The molecule has 0 aliphatic rings. The third-order valence-electron chi connectivity index (χ3n) is 3.58. The summed E-state index contributed by atoms with van der Waals surface area (Å²) in [4.78, 5) is 25.4. The minimum absolute atomic E-state index is 0.0440. The quantitative estimate of drug-likeness (QED) is 0.423. The van der Waals surface area contributed by atoms with Crippen molar-refractivity contribution in [3.05, 3.63) is 53.1 Å². The molecule has 5 nitrogen and oxygen atoms in total. The van der Waals surface area contributed by atoms with Gasteiger partial charge in [0.2, 0.25) is 5.43 Å². The zero-order valence-electron chi connectivity index (χ0n) is 10.8. The van der Waals surface area contributed by atoms with Gasteiger partial charge in [-0.2, -0.15) is 4.73 Å². The molecule has 1 N–H and O–H groups in total. The third kappa shape index (κ3) is 1.26. The molecule has 4 rings (SSSR count). The van der Waals surface area contributed by atoms with Gasteiger partial charge in [0.15, 0.2) is 0 Å². The molecule has 0 unspecified atom stereocenters. The van der Waals surface area contributed by atoms with Crippen LogP contribution in [0.2, 0.25) is 0 Å². The number of aromatic nitrogens is 3. The highest BCUT2D eigenvalue weighted by Crippen LogP contribution is 2.27. The van der Waals surface area contributed by atoms with Gasteiger partial charge in [-0.25, -0.2) is 0 Å². The Balaban J connectivity index is 2.47. The molecular formula is C15H11N3O2. The molecular weight excluding hydrogens is 254 g/mol. The lowest BCUT2D eigenvalue weighted by Crippen LogP contribution is -2.13. The monoisotopic (exact) mass is 265 g/mol. The largest absolute Gasteiger partial charge is 0.417 e. The van der Waals surface area contributed by atoms with E-state index in [4.69, 9.17) is 4.84 Å². The number of rotatable bonds is 1. The van der Waals surface area contributed by atoms with Gasteiger partial charge in [0.1, 0.15) is 18.1 Å². The van der Waals surface area contributed by atoms with Crippen molar-refractivity contribution in [2.24, 2.45) is 0 Å². The van der Waals surface area contributed by atoms with Crippen LogP contribution in [-0.2, 0) is 0 Å². The van der Waals surface area contributed by atoms with Crippen molar-refractivity contribution in [1.82, 2.24) is 14.7 Å². The van der Waals surface area contributed by atoms with E-state index in [0.29, 0.717) is 16.4 Å². The maximum atomic E-state index is 12.6. The lowest BCUT2D eigenvalue weighted by atomic mass is 10.1. The molecule has 98 valence electrons. The van der Waals surface area contributed by atoms with E-state index < -0.39 is 0 Å². The van der Waals surface area contributed by atoms with E-state index in [1.165, 1.54) is 0 Å². The Morgan fingerprint density at radius 2 is 2.20 bits per heavy atom. The van der Waals surface area contributed by atoms with Gasteiger partial charge in [0, 0.05) is 24.0 Å². The first-order valence-corrected chi connectivity index (χ1v) is 6.25. The molecule has 5 heteroatoms. The van der Waals surface area contributed by atoms with Crippen molar-refractivity contribution >= 4 is 32.7 Å². The molecule has 20 heavy (non-hydrogen) atoms. The molecule has 0 bridgehead atoms. The highest BCUT2D eigenvalue weighted by atomic mass is 16.6. The van der Waals surface area contributed by atoms with Crippen LogP contribution in [0, 0.1) is 0 Å². The molecule has 0 amide bonds. The third-order valence-corrected chi connectivity index (χ3v) is 3.58. The summed E-state index contributed by atoms with van der Waals surface area (Å²) < 4.78 is 1.57. The Hall–Kier alpha value is -2.82. The molecule has 0 saturated heterocycles. The van der Waals surface area contributed by atoms with Crippen molar-refractivity contribution in [2.45, 2.75) is 0 Å². The summed E-state index contributed by atoms with van der Waals surface area (Å²) in [6.45, 7) is 0. The van der Waals surface area contributed by atoms with Crippen LogP contribution in [0.5, 0.6) is 0 Å². The van der Waals surface area contributed by atoms with Crippen molar-refractivity contribution in [3.8, 4) is 0 Å². The molecule has 3 heterocycles. The summed E-state index contributed by atoms with van der Waals surface area (Å²) in [5, 5.41) is 2.41. The number of nitrogens with one attached hydrogen (secondary N) is 1. The number of nitrogens with zero attached hydrogens (tertiary/aromatic N) is 2. The van der Waals surface area contributed by atoms with Gasteiger partial charge >= 0.3 is 0 Å². The minimum Gasteiger partial charge on any atom is -0.417 e. The summed E-state index contributed by atoms with van der Waals surface area (Å²) >= 11 is 0. The fraction of sp³-hybridized carbons (Fsp3) is 0.0667. The second-order valence-corrected chi connectivity index (χ2v) is 4.58. The fourth-order valence-corrected chi connectivity index (χ4v) is 2.72. The van der Waals surface area contributed by atoms with Crippen molar-refractivity contribution in [2.75, 3.05) is 7.11 Å². The van der Waals surface area contributed by atoms with Gasteiger partial charge in [-0.3, -0.25) is 9.78 Å². The van der Waals surface area contributed by atoms with Crippen LogP contribution in [0.3, 0.4) is 0 Å². The van der Waals surface area contributed by atoms with Gasteiger partial charge in [-0.1, -0.05) is 0 Å². The smallest absolute Gasteiger partial charge is 0.212 e. The van der Waals surface area contributed by atoms with E-state index in [-0.39, 0.29) is 5.43 Å². The standard InChI is InChI=1S/C15H11N3O2/c1-20-18-8-2-3-10-14(18)12-11-9(4-6-16-12)5-7-17-13(11)15(10)19/h2-8,17H,1H3. The predicted octanol–water partition coefficient (Wildman–Crippen LogP) is 2.09. The molecule has 0 atom stereocenters. The predicted molar refractivity (Wildman–Crippen MR) is 77.9 cm³/mol. The van der Waals surface area contributed by atoms with Crippen molar-refractivity contribution < 1.29 is 4.84 Å². The second kappa shape index (κ2) is 3.84. The van der Waals surface area contributed by atoms with Crippen molar-refractivity contribution in [1.29, 1.82) is 0 Å². The van der Waals surface area contributed by atoms with E-state index in [9.17, 15) is 4.79 Å². The molecule has 4 aromatic rings. The van der Waals surface area contributed by atoms with Crippen LogP contribution >= 0.6 is 0 Å². The van der Waals surface area contributed by atoms with E-state index in [1.54, 1.807) is 42.6 Å². The summed E-state index contributed by atoms with van der Waals surface area (Å²) in [5.74, 6) is 0. The first kappa shape index (κ1) is 11.0. The maximum Gasteiger partial charge on any atom is 0.212 e. The zero-order chi connectivity index (χ0) is 13.7.